The number of amides is 2. The number of carboxylic acids is 1. The standard InChI is InChI=1S/C13H23N3O4/c1-15(9-3-4-9)6-5-14-13(19)16(2)11-8-20-7-10(11)12(17)18/h9-11H,3-8H2,1-2H3,(H,14,19)(H,17,18). The average molecular weight is 285 g/mol. The Morgan fingerprint density at radius 3 is 2.60 bits per heavy atom. The molecule has 2 fully saturated rings. The second-order valence-electron chi connectivity index (χ2n) is 5.60. The third-order valence-electron chi connectivity index (χ3n) is 4.10. The molecule has 0 aromatic rings. The maximum Gasteiger partial charge on any atom is 0.317 e. The molecule has 0 spiro atoms. The predicted octanol–water partition coefficient (Wildman–Crippen LogP) is -0.178. The number of nitrogens with one attached hydrogen (secondary N) is 1. The molecule has 0 aromatic heterocycles. The molecule has 1 saturated heterocycles. The predicted molar refractivity (Wildman–Crippen MR) is 72.5 cm³/mol. The van der Waals surface area contributed by atoms with Crippen LogP contribution in [0, 0.1) is 5.92 Å². The van der Waals surface area contributed by atoms with Gasteiger partial charge in [0.25, 0.3) is 0 Å². The minimum Gasteiger partial charge on any atom is -0.481 e. The van der Waals surface area contributed by atoms with Crippen LogP contribution < -0.4 is 5.32 Å². The molecule has 0 aromatic carbocycles. The number of hydrogen-bond donors (Lipinski definition) is 2. The van der Waals surface area contributed by atoms with Crippen LogP contribution in [0.3, 0.4) is 0 Å². The van der Waals surface area contributed by atoms with Crippen molar-refractivity contribution in [2.24, 2.45) is 5.92 Å². The highest BCUT2D eigenvalue weighted by molar-refractivity contribution is 5.77. The molecule has 2 N–H and O–H groups in total. The number of ether oxygens (including phenoxy) is 1. The van der Waals surface area contributed by atoms with Crippen LogP contribution in [0.4, 0.5) is 4.79 Å². The third kappa shape index (κ3) is 3.61. The Morgan fingerprint density at radius 1 is 1.30 bits per heavy atom. The lowest BCUT2D eigenvalue weighted by Gasteiger charge is -2.27. The first kappa shape index (κ1) is 15.1. The van der Waals surface area contributed by atoms with E-state index in [9.17, 15) is 9.59 Å². The van der Waals surface area contributed by atoms with Gasteiger partial charge >= 0.3 is 12.0 Å². The normalized spacial score (nSPS) is 25.8. The van der Waals surface area contributed by atoms with E-state index in [1.807, 2.05) is 0 Å². The highest BCUT2D eigenvalue weighted by Crippen LogP contribution is 2.24. The molecule has 1 heterocycles. The second kappa shape index (κ2) is 6.41. The van der Waals surface area contributed by atoms with Crippen molar-refractivity contribution in [3.05, 3.63) is 0 Å². The molecule has 1 aliphatic carbocycles. The lowest BCUT2D eigenvalue weighted by molar-refractivity contribution is -0.142. The zero-order valence-electron chi connectivity index (χ0n) is 12.0. The van der Waals surface area contributed by atoms with Gasteiger partial charge in [-0.2, -0.15) is 0 Å². The zero-order valence-corrected chi connectivity index (χ0v) is 12.0. The van der Waals surface area contributed by atoms with E-state index >= 15 is 0 Å². The maximum absolute atomic E-state index is 12.0. The van der Waals surface area contributed by atoms with Crippen molar-refractivity contribution in [3.8, 4) is 0 Å². The molecule has 1 saturated carbocycles. The molecule has 114 valence electrons. The number of rotatable bonds is 6. The van der Waals surface area contributed by atoms with E-state index in [1.165, 1.54) is 17.7 Å². The lowest BCUT2D eigenvalue weighted by atomic mass is 10.0. The summed E-state index contributed by atoms with van der Waals surface area (Å²) in [6.07, 6.45) is 2.48. The fraction of sp³-hybridized carbons (Fsp3) is 0.846. The van der Waals surface area contributed by atoms with Crippen molar-refractivity contribution in [1.82, 2.24) is 15.1 Å². The summed E-state index contributed by atoms with van der Waals surface area (Å²) in [5.74, 6) is -1.56. The number of carbonyl (C=O) groups is 2. The van der Waals surface area contributed by atoms with Gasteiger partial charge in [-0.15, -0.1) is 0 Å². The molecule has 0 radical (unpaired) electrons. The largest absolute Gasteiger partial charge is 0.481 e. The topological polar surface area (TPSA) is 82.1 Å². The Bertz CT molecular complexity index is 373. The van der Waals surface area contributed by atoms with Gasteiger partial charge in [-0.3, -0.25) is 4.79 Å². The molecule has 0 bridgehead atoms. The van der Waals surface area contributed by atoms with Crippen molar-refractivity contribution in [1.29, 1.82) is 0 Å². The zero-order chi connectivity index (χ0) is 14.7. The van der Waals surface area contributed by atoms with Crippen LogP contribution in [0.5, 0.6) is 0 Å². The third-order valence-corrected chi connectivity index (χ3v) is 4.10. The van der Waals surface area contributed by atoms with Crippen molar-refractivity contribution < 1.29 is 19.4 Å². The number of nitrogens with zero attached hydrogens (tertiary/aromatic N) is 2. The SMILES string of the molecule is CN(CCNC(=O)N(C)C1COCC1C(=O)O)C1CC1. The van der Waals surface area contributed by atoms with Gasteiger partial charge in [-0.25, -0.2) is 4.79 Å². The van der Waals surface area contributed by atoms with E-state index in [0.29, 0.717) is 12.6 Å². The van der Waals surface area contributed by atoms with E-state index in [0.717, 1.165) is 6.54 Å². The molecule has 20 heavy (non-hydrogen) atoms. The van der Waals surface area contributed by atoms with Crippen LogP contribution in [0.2, 0.25) is 0 Å². The van der Waals surface area contributed by atoms with Gasteiger partial charge in [-0.05, 0) is 19.9 Å². The fourth-order valence-electron chi connectivity index (χ4n) is 2.47. The summed E-state index contributed by atoms with van der Waals surface area (Å²) in [5, 5.41) is 11.9. The van der Waals surface area contributed by atoms with Crippen LogP contribution in [-0.4, -0.2) is 79.4 Å². The van der Waals surface area contributed by atoms with Crippen molar-refractivity contribution in [2.75, 3.05) is 40.4 Å². The molecule has 2 rings (SSSR count). The molecule has 2 atom stereocenters. The number of carbonyl (C=O) groups excluding carboxylic acids is 1. The Morgan fingerprint density at radius 2 is 2.00 bits per heavy atom. The summed E-state index contributed by atoms with van der Waals surface area (Å²) in [6.45, 7) is 1.83. The van der Waals surface area contributed by atoms with Crippen molar-refractivity contribution >= 4 is 12.0 Å². The quantitative estimate of drug-likeness (QED) is 0.707. The summed E-state index contributed by atoms with van der Waals surface area (Å²) < 4.78 is 5.17. The van der Waals surface area contributed by atoms with Gasteiger partial charge in [0, 0.05) is 26.2 Å². The van der Waals surface area contributed by atoms with E-state index < -0.39 is 17.9 Å². The van der Waals surface area contributed by atoms with Crippen LogP contribution >= 0.6 is 0 Å². The van der Waals surface area contributed by atoms with E-state index in [2.05, 4.69) is 17.3 Å². The van der Waals surface area contributed by atoms with E-state index in [-0.39, 0.29) is 19.2 Å². The number of hydrogen-bond acceptors (Lipinski definition) is 4. The number of likely N-dealkylation sites (N-methyl/N-ethyl adjacent to an activating group) is 2. The monoisotopic (exact) mass is 285 g/mol. The number of urea groups is 1. The Kier molecular flexibility index (Phi) is 4.82. The van der Waals surface area contributed by atoms with Gasteiger partial charge in [-0.1, -0.05) is 0 Å². The van der Waals surface area contributed by atoms with Gasteiger partial charge in [0.05, 0.1) is 19.3 Å². The lowest BCUT2D eigenvalue weighted by Crippen LogP contribution is -2.49. The minimum atomic E-state index is -0.916. The fourth-order valence-corrected chi connectivity index (χ4v) is 2.47. The van der Waals surface area contributed by atoms with Crippen LogP contribution in [-0.2, 0) is 9.53 Å². The molecule has 2 amide bonds. The van der Waals surface area contributed by atoms with E-state index in [1.54, 1.807) is 7.05 Å². The second-order valence-corrected chi connectivity index (χ2v) is 5.60. The average Bonchev–Trinajstić information content (AvgIpc) is 3.14. The molecular weight excluding hydrogens is 262 g/mol. The molecule has 2 unspecified atom stereocenters. The summed E-state index contributed by atoms with van der Waals surface area (Å²) in [7, 11) is 3.67. The van der Waals surface area contributed by atoms with Gasteiger partial charge in [0.15, 0.2) is 0 Å². The first-order valence-corrected chi connectivity index (χ1v) is 7.02. The summed E-state index contributed by atoms with van der Waals surface area (Å²) >= 11 is 0. The maximum atomic E-state index is 12.0. The Hall–Kier alpha value is -1.34. The smallest absolute Gasteiger partial charge is 0.317 e. The number of aliphatic carboxylic acids is 1. The van der Waals surface area contributed by atoms with Crippen LogP contribution in [0.15, 0.2) is 0 Å². The van der Waals surface area contributed by atoms with Crippen molar-refractivity contribution in [2.45, 2.75) is 24.9 Å². The van der Waals surface area contributed by atoms with Gasteiger partial charge < -0.3 is 25.0 Å². The highest BCUT2D eigenvalue weighted by atomic mass is 16.5. The highest BCUT2D eigenvalue weighted by Gasteiger charge is 2.38. The molecule has 7 nitrogen and oxygen atoms in total. The Labute approximate surface area is 118 Å². The molecule has 7 heteroatoms. The summed E-state index contributed by atoms with van der Waals surface area (Å²) in [4.78, 5) is 26.8. The summed E-state index contributed by atoms with van der Waals surface area (Å²) in [5.41, 5.74) is 0. The molecule has 2 aliphatic rings. The molecular formula is C13H23N3O4. The van der Waals surface area contributed by atoms with Crippen LogP contribution in [0.25, 0.3) is 0 Å². The number of carboxylic acid groups (broad SMARTS) is 1. The first-order chi connectivity index (χ1) is 9.50. The Balaban J connectivity index is 1.74. The van der Waals surface area contributed by atoms with E-state index in [4.69, 9.17) is 9.84 Å². The summed E-state index contributed by atoms with van der Waals surface area (Å²) in [6, 6.07) is 0.0360. The van der Waals surface area contributed by atoms with Crippen LogP contribution in [0.1, 0.15) is 12.8 Å². The van der Waals surface area contributed by atoms with Gasteiger partial charge in [0.1, 0.15) is 5.92 Å². The van der Waals surface area contributed by atoms with Crippen molar-refractivity contribution in [3.63, 3.8) is 0 Å². The van der Waals surface area contributed by atoms with Gasteiger partial charge in [0.2, 0.25) is 0 Å². The molecule has 1 aliphatic heterocycles. The first-order valence-electron chi connectivity index (χ1n) is 7.02. The minimum absolute atomic E-state index is 0.169.